The van der Waals surface area contributed by atoms with Crippen LogP contribution in [0.2, 0.25) is 0 Å². The molecule has 0 amide bonds. The van der Waals surface area contributed by atoms with Crippen LogP contribution in [0, 0.1) is 11.3 Å². The predicted octanol–water partition coefficient (Wildman–Crippen LogP) is 0.899. The van der Waals surface area contributed by atoms with E-state index in [0.717, 1.165) is 51.0 Å². The molecule has 1 aliphatic carbocycles. The third-order valence-electron chi connectivity index (χ3n) is 4.99. The summed E-state index contributed by atoms with van der Waals surface area (Å²) in [6.07, 6.45) is 4.46. The van der Waals surface area contributed by atoms with E-state index in [1.807, 2.05) is 0 Å². The number of halogens is 1. The number of guanidine groups is 1. The molecule has 0 spiro atoms. The van der Waals surface area contributed by atoms with E-state index in [0.29, 0.717) is 6.04 Å². The molecule has 2 fully saturated rings. The molecule has 136 valence electrons. The smallest absolute Gasteiger partial charge is 0.191 e. The van der Waals surface area contributed by atoms with Crippen molar-refractivity contribution in [1.29, 1.82) is 0 Å². The second-order valence-corrected chi connectivity index (χ2v) is 6.95. The van der Waals surface area contributed by atoms with Crippen LogP contribution >= 0.6 is 24.0 Å². The van der Waals surface area contributed by atoms with Crippen molar-refractivity contribution in [2.45, 2.75) is 31.7 Å². The van der Waals surface area contributed by atoms with Gasteiger partial charge in [0.1, 0.15) is 0 Å². The zero-order chi connectivity index (χ0) is 16.0. The summed E-state index contributed by atoms with van der Waals surface area (Å²) < 4.78 is 5.53. The predicted molar refractivity (Wildman–Crippen MR) is 105 cm³/mol. The van der Waals surface area contributed by atoms with E-state index < -0.39 is 0 Å². The Hall–Kier alpha value is -0.120. The Labute approximate surface area is 157 Å². The minimum Gasteiger partial charge on any atom is -0.396 e. The average Bonchev–Trinajstić information content (AvgIpc) is 3.22. The summed E-state index contributed by atoms with van der Waals surface area (Å²) in [6.45, 7) is 3.43. The topological polar surface area (TPSA) is 69.1 Å². The molecule has 0 aromatic heterocycles. The number of aliphatic hydroxyl groups is 1. The number of aliphatic imine (C=N–C) groups is 1. The maximum Gasteiger partial charge on any atom is 0.191 e. The maximum atomic E-state index is 9.28. The number of likely N-dealkylation sites (N-methyl/N-ethyl adjacent to an activating group) is 1. The van der Waals surface area contributed by atoms with Crippen LogP contribution in [-0.2, 0) is 4.74 Å². The molecule has 2 aliphatic rings. The summed E-state index contributed by atoms with van der Waals surface area (Å²) in [5.41, 5.74) is 0.0454. The van der Waals surface area contributed by atoms with E-state index in [4.69, 9.17) is 4.74 Å². The first-order valence-corrected chi connectivity index (χ1v) is 8.40. The number of hydrogen-bond donors (Lipinski definition) is 3. The van der Waals surface area contributed by atoms with Gasteiger partial charge in [0.2, 0.25) is 0 Å². The molecule has 2 unspecified atom stereocenters. The number of nitrogens with one attached hydrogen (secondary N) is 2. The number of aliphatic hydroxyl groups excluding tert-OH is 1. The first-order valence-electron chi connectivity index (χ1n) is 8.40. The maximum absolute atomic E-state index is 9.28. The summed E-state index contributed by atoms with van der Waals surface area (Å²) >= 11 is 0. The molecule has 23 heavy (non-hydrogen) atoms. The Morgan fingerprint density at radius 2 is 2.13 bits per heavy atom. The lowest BCUT2D eigenvalue weighted by Crippen LogP contribution is -2.48. The molecular weight excluding hydrogens is 407 g/mol. The van der Waals surface area contributed by atoms with E-state index >= 15 is 0 Å². The van der Waals surface area contributed by atoms with Gasteiger partial charge in [-0.2, -0.15) is 0 Å². The summed E-state index contributed by atoms with van der Waals surface area (Å²) in [5.74, 6) is 1.67. The lowest BCUT2D eigenvalue weighted by Gasteiger charge is -2.29. The molecule has 1 saturated heterocycles. The Morgan fingerprint density at radius 1 is 1.39 bits per heavy atom. The van der Waals surface area contributed by atoms with Crippen molar-refractivity contribution in [3.63, 3.8) is 0 Å². The van der Waals surface area contributed by atoms with E-state index in [1.54, 1.807) is 7.05 Å². The molecule has 6 nitrogen and oxygen atoms in total. The largest absolute Gasteiger partial charge is 0.396 e. The Kier molecular flexibility index (Phi) is 9.10. The van der Waals surface area contributed by atoms with Gasteiger partial charge >= 0.3 is 0 Å². The Balaban J connectivity index is 0.00000264. The fraction of sp³-hybridized carbons (Fsp3) is 0.938. The summed E-state index contributed by atoms with van der Waals surface area (Å²) in [6, 6.07) is 0.569. The van der Waals surface area contributed by atoms with Crippen LogP contribution in [0.5, 0.6) is 0 Å². The minimum atomic E-state index is 0. The quantitative estimate of drug-likeness (QED) is 0.297. The summed E-state index contributed by atoms with van der Waals surface area (Å²) in [7, 11) is 6.10. The average molecular weight is 440 g/mol. The minimum absolute atomic E-state index is 0. The van der Waals surface area contributed by atoms with Crippen molar-refractivity contribution in [3.05, 3.63) is 0 Å². The van der Waals surface area contributed by atoms with Gasteiger partial charge in [0.15, 0.2) is 5.96 Å². The fourth-order valence-electron chi connectivity index (χ4n) is 3.26. The van der Waals surface area contributed by atoms with Crippen molar-refractivity contribution >= 4 is 29.9 Å². The van der Waals surface area contributed by atoms with E-state index in [9.17, 15) is 5.11 Å². The zero-order valence-corrected chi connectivity index (χ0v) is 17.0. The zero-order valence-electron chi connectivity index (χ0n) is 14.7. The van der Waals surface area contributed by atoms with Crippen LogP contribution in [0.4, 0.5) is 0 Å². The second-order valence-electron chi connectivity index (χ2n) is 6.95. The number of ether oxygens (including phenoxy) is 1. The molecule has 0 aromatic carbocycles. The van der Waals surface area contributed by atoms with Crippen LogP contribution in [0.15, 0.2) is 4.99 Å². The van der Waals surface area contributed by atoms with Crippen LogP contribution in [0.25, 0.3) is 0 Å². The van der Waals surface area contributed by atoms with Gasteiger partial charge < -0.3 is 25.4 Å². The van der Waals surface area contributed by atoms with Gasteiger partial charge in [-0.05, 0) is 45.7 Å². The molecule has 2 atom stereocenters. The standard InChI is InChI=1S/C16H32N4O2.HI/c1-17-15(18-10-14(20(2)3)13-4-5-13)19-11-16(6-8-21)7-9-22-12-16;/h13-14,21H,4-12H2,1-3H3,(H2,17,18,19);1H. The molecule has 0 radical (unpaired) electrons. The Bertz CT molecular complexity index is 367. The summed E-state index contributed by atoms with van der Waals surface area (Å²) in [5, 5.41) is 16.2. The van der Waals surface area contributed by atoms with Gasteiger partial charge in [0.25, 0.3) is 0 Å². The summed E-state index contributed by atoms with van der Waals surface area (Å²) in [4.78, 5) is 6.63. The SMILES string of the molecule is CN=C(NCC(C1CC1)N(C)C)NCC1(CCO)CCOC1.I. The van der Waals surface area contributed by atoms with Crippen molar-refractivity contribution in [3.8, 4) is 0 Å². The molecule has 1 aliphatic heterocycles. The lowest BCUT2D eigenvalue weighted by atomic mass is 9.84. The van der Waals surface area contributed by atoms with Crippen molar-refractivity contribution < 1.29 is 9.84 Å². The lowest BCUT2D eigenvalue weighted by molar-refractivity contribution is 0.127. The molecular formula is C16H33IN4O2. The van der Waals surface area contributed by atoms with Gasteiger partial charge in [0.05, 0.1) is 6.61 Å². The van der Waals surface area contributed by atoms with Crippen LogP contribution in [0.1, 0.15) is 25.7 Å². The molecule has 3 N–H and O–H groups in total. The van der Waals surface area contributed by atoms with Crippen LogP contribution in [0.3, 0.4) is 0 Å². The monoisotopic (exact) mass is 440 g/mol. The third kappa shape index (κ3) is 6.36. The number of nitrogens with zero attached hydrogens (tertiary/aromatic N) is 2. The fourth-order valence-corrected chi connectivity index (χ4v) is 3.26. The molecule has 1 heterocycles. The van der Waals surface area contributed by atoms with E-state index in [2.05, 4.69) is 34.6 Å². The first kappa shape index (κ1) is 20.9. The van der Waals surface area contributed by atoms with Crippen LogP contribution in [-0.4, -0.2) is 76.1 Å². The molecule has 7 heteroatoms. The van der Waals surface area contributed by atoms with E-state index in [1.165, 1.54) is 12.8 Å². The molecule has 0 aromatic rings. The molecule has 2 rings (SSSR count). The van der Waals surface area contributed by atoms with Gasteiger partial charge in [-0.3, -0.25) is 4.99 Å². The van der Waals surface area contributed by atoms with Gasteiger partial charge in [0, 0.05) is 44.8 Å². The van der Waals surface area contributed by atoms with Gasteiger partial charge in [-0.25, -0.2) is 0 Å². The highest BCUT2D eigenvalue weighted by Crippen LogP contribution is 2.34. The highest BCUT2D eigenvalue weighted by Gasteiger charge is 2.35. The van der Waals surface area contributed by atoms with Crippen LogP contribution < -0.4 is 10.6 Å². The van der Waals surface area contributed by atoms with Crippen molar-refractivity contribution in [2.75, 3.05) is 54.1 Å². The molecule has 0 bridgehead atoms. The number of hydrogen-bond acceptors (Lipinski definition) is 4. The molecule has 1 saturated carbocycles. The Morgan fingerprint density at radius 3 is 2.61 bits per heavy atom. The second kappa shape index (κ2) is 10.0. The van der Waals surface area contributed by atoms with Gasteiger partial charge in [-0.15, -0.1) is 24.0 Å². The third-order valence-corrected chi connectivity index (χ3v) is 4.99. The van der Waals surface area contributed by atoms with Gasteiger partial charge in [-0.1, -0.05) is 0 Å². The normalized spacial score (nSPS) is 26.0. The highest BCUT2D eigenvalue weighted by molar-refractivity contribution is 14.0. The highest BCUT2D eigenvalue weighted by atomic mass is 127. The van der Waals surface area contributed by atoms with Crippen molar-refractivity contribution in [1.82, 2.24) is 15.5 Å². The van der Waals surface area contributed by atoms with Crippen molar-refractivity contribution in [2.24, 2.45) is 16.3 Å². The number of rotatable bonds is 8. The van der Waals surface area contributed by atoms with E-state index in [-0.39, 0.29) is 36.0 Å². The first-order chi connectivity index (χ1) is 10.6.